The highest BCUT2D eigenvalue weighted by molar-refractivity contribution is 5.88. The van der Waals surface area contributed by atoms with E-state index in [9.17, 15) is 14.4 Å². The van der Waals surface area contributed by atoms with Crippen molar-refractivity contribution in [1.29, 1.82) is 0 Å². The summed E-state index contributed by atoms with van der Waals surface area (Å²) in [4.78, 5) is 38.2. The molecule has 1 saturated heterocycles. The monoisotopic (exact) mass is 394 g/mol. The van der Waals surface area contributed by atoms with Gasteiger partial charge in [0.25, 0.3) is 5.91 Å². The second-order valence-electron chi connectivity index (χ2n) is 7.28. The third-order valence-corrected chi connectivity index (χ3v) is 5.08. The van der Waals surface area contributed by atoms with Crippen molar-refractivity contribution in [3.63, 3.8) is 0 Å². The molecule has 1 fully saturated rings. The van der Waals surface area contributed by atoms with E-state index >= 15 is 0 Å². The average molecular weight is 394 g/mol. The van der Waals surface area contributed by atoms with Crippen LogP contribution in [0.15, 0.2) is 60.7 Å². The number of benzene rings is 2. The number of ether oxygens (including phenoxy) is 1. The zero-order chi connectivity index (χ0) is 20.6. The Morgan fingerprint density at radius 1 is 1.10 bits per heavy atom. The molecule has 1 aliphatic rings. The average Bonchev–Trinajstić information content (AvgIpc) is 3.12. The van der Waals surface area contributed by atoms with E-state index in [0.717, 1.165) is 17.5 Å². The van der Waals surface area contributed by atoms with Crippen LogP contribution in [0.1, 0.15) is 30.5 Å². The van der Waals surface area contributed by atoms with Crippen molar-refractivity contribution < 1.29 is 19.1 Å². The Hall–Kier alpha value is -3.15. The molecule has 2 amide bonds. The maximum atomic E-state index is 12.3. The second-order valence-corrected chi connectivity index (χ2v) is 7.28. The van der Waals surface area contributed by atoms with Gasteiger partial charge in [0, 0.05) is 19.5 Å². The molecule has 152 valence electrons. The van der Waals surface area contributed by atoms with E-state index in [1.165, 1.54) is 0 Å². The van der Waals surface area contributed by atoms with E-state index in [2.05, 4.69) is 5.32 Å². The van der Waals surface area contributed by atoms with Crippen molar-refractivity contribution in [3.8, 4) is 0 Å². The summed E-state index contributed by atoms with van der Waals surface area (Å²) in [5.41, 5.74) is 2.12. The van der Waals surface area contributed by atoms with E-state index in [-0.39, 0.29) is 30.9 Å². The minimum atomic E-state index is -0.516. The van der Waals surface area contributed by atoms with Gasteiger partial charge in [0.1, 0.15) is 0 Å². The molecular weight excluding hydrogens is 368 g/mol. The molecule has 0 radical (unpaired) electrons. The SMILES string of the molecule is C[C@@H](NC(=O)COC(=O)[C@H]1CC(=O)N(CCc2ccccc2)C1)c1ccccc1. The van der Waals surface area contributed by atoms with E-state index in [1.807, 2.05) is 67.6 Å². The molecule has 0 saturated carbocycles. The minimum absolute atomic E-state index is 0.0509. The van der Waals surface area contributed by atoms with E-state index in [4.69, 9.17) is 4.74 Å². The molecule has 29 heavy (non-hydrogen) atoms. The van der Waals surface area contributed by atoms with Crippen LogP contribution < -0.4 is 5.32 Å². The van der Waals surface area contributed by atoms with Crippen molar-refractivity contribution in [2.45, 2.75) is 25.8 Å². The largest absolute Gasteiger partial charge is 0.455 e. The number of esters is 1. The van der Waals surface area contributed by atoms with Crippen LogP contribution in [-0.2, 0) is 25.5 Å². The third kappa shape index (κ3) is 5.91. The van der Waals surface area contributed by atoms with Gasteiger partial charge in [-0.25, -0.2) is 0 Å². The molecule has 6 nitrogen and oxygen atoms in total. The van der Waals surface area contributed by atoms with Crippen molar-refractivity contribution in [2.75, 3.05) is 19.7 Å². The van der Waals surface area contributed by atoms with Crippen LogP contribution in [0.25, 0.3) is 0 Å². The fourth-order valence-electron chi connectivity index (χ4n) is 3.42. The summed E-state index contributed by atoms with van der Waals surface area (Å²) < 4.78 is 5.15. The number of carbonyl (C=O) groups is 3. The maximum Gasteiger partial charge on any atom is 0.311 e. The number of nitrogens with one attached hydrogen (secondary N) is 1. The molecule has 1 heterocycles. The summed E-state index contributed by atoms with van der Waals surface area (Å²) in [6.45, 7) is 2.44. The molecule has 0 unspecified atom stereocenters. The van der Waals surface area contributed by atoms with Gasteiger partial charge in [0.05, 0.1) is 12.0 Å². The van der Waals surface area contributed by atoms with Crippen LogP contribution >= 0.6 is 0 Å². The Labute approximate surface area is 170 Å². The summed E-state index contributed by atoms with van der Waals surface area (Å²) in [5.74, 6) is -1.43. The summed E-state index contributed by atoms with van der Waals surface area (Å²) in [6.07, 6.45) is 0.879. The molecule has 0 bridgehead atoms. The van der Waals surface area contributed by atoms with E-state index < -0.39 is 11.9 Å². The van der Waals surface area contributed by atoms with Gasteiger partial charge >= 0.3 is 5.97 Å². The minimum Gasteiger partial charge on any atom is -0.455 e. The Kier molecular flexibility index (Phi) is 7.00. The van der Waals surface area contributed by atoms with Gasteiger partial charge in [0.15, 0.2) is 6.61 Å². The van der Waals surface area contributed by atoms with Gasteiger partial charge in [0.2, 0.25) is 5.91 Å². The molecular formula is C23H26N2O4. The van der Waals surface area contributed by atoms with Gasteiger partial charge in [-0.1, -0.05) is 60.7 Å². The maximum absolute atomic E-state index is 12.3. The Balaban J connectivity index is 1.41. The molecule has 1 N–H and O–H groups in total. The highest BCUT2D eigenvalue weighted by Gasteiger charge is 2.35. The van der Waals surface area contributed by atoms with Crippen LogP contribution in [0.3, 0.4) is 0 Å². The van der Waals surface area contributed by atoms with Crippen LogP contribution in [0.2, 0.25) is 0 Å². The number of nitrogens with zero attached hydrogens (tertiary/aromatic N) is 1. The first-order valence-corrected chi connectivity index (χ1v) is 9.85. The predicted molar refractivity (Wildman–Crippen MR) is 109 cm³/mol. The molecule has 6 heteroatoms. The number of carbonyl (C=O) groups excluding carboxylic acids is 3. The lowest BCUT2D eigenvalue weighted by atomic mass is 10.1. The van der Waals surface area contributed by atoms with Gasteiger partial charge in [-0.3, -0.25) is 14.4 Å². The molecule has 0 spiro atoms. The summed E-state index contributed by atoms with van der Waals surface area (Å²) in [5, 5.41) is 2.80. The third-order valence-electron chi connectivity index (χ3n) is 5.08. The van der Waals surface area contributed by atoms with Crippen molar-refractivity contribution in [1.82, 2.24) is 10.2 Å². The van der Waals surface area contributed by atoms with Crippen LogP contribution in [0, 0.1) is 5.92 Å². The molecule has 2 atom stereocenters. The predicted octanol–water partition coefficient (Wildman–Crippen LogP) is 2.50. The number of likely N-dealkylation sites (tertiary alicyclic amines) is 1. The van der Waals surface area contributed by atoms with Gasteiger partial charge < -0.3 is 15.0 Å². The fraction of sp³-hybridized carbons (Fsp3) is 0.348. The van der Waals surface area contributed by atoms with Gasteiger partial charge in [-0.05, 0) is 24.5 Å². The molecule has 0 aliphatic carbocycles. The topological polar surface area (TPSA) is 75.7 Å². The van der Waals surface area contributed by atoms with Crippen LogP contribution in [0.5, 0.6) is 0 Å². The first-order valence-electron chi connectivity index (χ1n) is 9.85. The van der Waals surface area contributed by atoms with Crippen LogP contribution in [-0.4, -0.2) is 42.4 Å². The highest BCUT2D eigenvalue weighted by atomic mass is 16.5. The van der Waals surface area contributed by atoms with Crippen molar-refractivity contribution in [2.24, 2.45) is 5.92 Å². The van der Waals surface area contributed by atoms with Crippen molar-refractivity contribution >= 4 is 17.8 Å². The fourth-order valence-corrected chi connectivity index (χ4v) is 3.42. The summed E-state index contributed by atoms with van der Waals surface area (Å²) >= 11 is 0. The summed E-state index contributed by atoms with van der Waals surface area (Å²) in [7, 11) is 0. The Bertz CT molecular complexity index is 838. The zero-order valence-corrected chi connectivity index (χ0v) is 16.5. The first kappa shape index (κ1) is 20.6. The molecule has 1 aliphatic heterocycles. The number of hydrogen-bond acceptors (Lipinski definition) is 4. The lowest BCUT2D eigenvalue weighted by molar-refractivity contribution is -0.152. The summed E-state index contributed by atoms with van der Waals surface area (Å²) in [6, 6.07) is 19.3. The van der Waals surface area contributed by atoms with E-state index in [1.54, 1.807) is 4.90 Å². The quantitative estimate of drug-likeness (QED) is 0.698. The van der Waals surface area contributed by atoms with E-state index in [0.29, 0.717) is 13.1 Å². The Morgan fingerprint density at radius 3 is 2.45 bits per heavy atom. The molecule has 0 aromatic heterocycles. The normalized spacial score (nSPS) is 17.1. The first-order chi connectivity index (χ1) is 14.0. The van der Waals surface area contributed by atoms with Crippen LogP contribution in [0.4, 0.5) is 0 Å². The number of hydrogen-bond donors (Lipinski definition) is 1. The number of rotatable bonds is 8. The lowest BCUT2D eigenvalue weighted by Crippen LogP contribution is -2.33. The standard InChI is InChI=1S/C23H26N2O4/c1-17(19-10-6-3-7-11-19)24-21(26)16-29-23(28)20-14-22(27)25(15-20)13-12-18-8-4-2-5-9-18/h2-11,17,20H,12-16H2,1H3,(H,24,26)/t17-,20+/m1/s1. The Morgan fingerprint density at radius 2 is 1.76 bits per heavy atom. The lowest BCUT2D eigenvalue weighted by Gasteiger charge is -2.17. The van der Waals surface area contributed by atoms with Gasteiger partial charge in [-0.15, -0.1) is 0 Å². The molecule has 2 aromatic carbocycles. The number of amides is 2. The van der Waals surface area contributed by atoms with Crippen molar-refractivity contribution in [3.05, 3.63) is 71.8 Å². The zero-order valence-electron chi connectivity index (χ0n) is 16.5. The van der Waals surface area contributed by atoms with Gasteiger partial charge in [-0.2, -0.15) is 0 Å². The molecule has 3 rings (SSSR count). The molecule has 2 aromatic rings. The highest BCUT2D eigenvalue weighted by Crippen LogP contribution is 2.20. The smallest absolute Gasteiger partial charge is 0.311 e. The second kappa shape index (κ2) is 9.87.